The minimum Gasteiger partial charge on any atom is -0.365 e. The van der Waals surface area contributed by atoms with Crippen molar-refractivity contribution in [1.82, 2.24) is 14.5 Å². The number of pyridine rings is 1. The van der Waals surface area contributed by atoms with E-state index in [4.69, 9.17) is 5.73 Å². The van der Waals surface area contributed by atoms with Crippen molar-refractivity contribution < 1.29 is 9.59 Å². The van der Waals surface area contributed by atoms with Crippen LogP contribution in [0.15, 0.2) is 48.8 Å². The van der Waals surface area contributed by atoms with Crippen LogP contribution >= 0.6 is 11.3 Å². The number of likely N-dealkylation sites (tertiary alicyclic amines) is 1. The van der Waals surface area contributed by atoms with Gasteiger partial charge in [0.25, 0.3) is 5.91 Å². The van der Waals surface area contributed by atoms with Gasteiger partial charge in [0.1, 0.15) is 4.83 Å². The molecule has 30 heavy (non-hydrogen) atoms. The standard InChI is InChI=1S/C23H22N4O2S/c1-14(28)27-13-16(17-5-2-3-7-19(17)27)12-26-10-8-15(11-26)20-18-6-4-9-25-23(18)30-21(20)22(24)29/h2-7,9,13,15H,8,10-12H2,1H3,(H2,24,29)/t15-/m0/s1. The van der Waals surface area contributed by atoms with Gasteiger partial charge in [0.15, 0.2) is 0 Å². The number of nitrogens with two attached hydrogens (primary N) is 1. The number of primary amides is 1. The number of hydrogen-bond acceptors (Lipinski definition) is 5. The van der Waals surface area contributed by atoms with Crippen LogP contribution in [0.1, 0.15) is 44.9 Å². The summed E-state index contributed by atoms with van der Waals surface area (Å²) < 4.78 is 1.72. The molecule has 1 atom stereocenters. The highest BCUT2D eigenvalue weighted by Crippen LogP contribution is 2.39. The molecule has 0 unspecified atom stereocenters. The second kappa shape index (κ2) is 7.34. The van der Waals surface area contributed by atoms with Gasteiger partial charge in [0, 0.05) is 49.1 Å². The van der Waals surface area contributed by atoms with E-state index in [-0.39, 0.29) is 17.7 Å². The van der Waals surface area contributed by atoms with Gasteiger partial charge < -0.3 is 5.73 Å². The van der Waals surface area contributed by atoms with Crippen LogP contribution in [-0.4, -0.2) is 39.4 Å². The van der Waals surface area contributed by atoms with E-state index in [2.05, 4.69) is 16.0 Å². The van der Waals surface area contributed by atoms with Crippen molar-refractivity contribution >= 4 is 44.3 Å². The maximum Gasteiger partial charge on any atom is 0.259 e. The zero-order chi connectivity index (χ0) is 20.8. The molecule has 6 nitrogen and oxygen atoms in total. The molecule has 0 spiro atoms. The minimum atomic E-state index is -0.379. The Hall–Kier alpha value is -3.03. The summed E-state index contributed by atoms with van der Waals surface area (Å²) in [6, 6.07) is 12.0. The van der Waals surface area contributed by atoms with Crippen molar-refractivity contribution in [3.63, 3.8) is 0 Å². The fraction of sp³-hybridized carbons (Fsp3) is 0.261. The number of hydrogen-bond donors (Lipinski definition) is 1. The third-order valence-corrected chi connectivity index (χ3v) is 7.08. The van der Waals surface area contributed by atoms with Gasteiger partial charge in [-0.3, -0.25) is 19.1 Å². The monoisotopic (exact) mass is 418 g/mol. The van der Waals surface area contributed by atoms with Crippen LogP contribution in [0.2, 0.25) is 0 Å². The number of thiophene rings is 1. The lowest BCUT2D eigenvalue weighted by Gasteiger charge is -2.16. The Balaban J connectivity index is 1.45. The summed E-state index contributed by atoms with van der Waals surface area (Å²) in [4.78, 5) is 32.4. The molecule has 1 saturated heterocycles. The summed E-state index contributed by atoms with van der Waals surface area (Å²) in [6.45, 7) is 4.13. The van der Waals surface area contributed by atoms with Gasteiger partial charge in [-0.1, -0.05) is 24.3 Å². The molecule has 2 N–H and O–H groups in total. The molecule has 1 amide bonds. The van der Waals surface area contributed by atoms with Gasteiger partial charge >= 0.3 is 0 Å². The minimum absolute atomic E-state index is 0.0140. The Morgan fingerprint density at radius 3 is 2.80 bits per heavy atom. The molecule has 1 fully saturated rings. The van der Waals surface area contributed by atoms with Gasteiger partial charge in [0.2, 0.25) is 5.91 Å². The molecule has 5 rings (SSSR count). The molecule has 1 aliphatic rings. The van der Waals surface area contributed by atoms with E-state index in [0.29, 0.717) is 4.88 Å². The molecule has 4 heterocycles. The second-order valence-corrected chi connectivity index (χ2v) is 8.85. The van der Waals surface area contributed by atoms with E-state index in [1.807, 2.05) is 36.5 Å². The number of carbonyl (C=O) groups excluding carboxylic acids is 2. The molecule has 3 aromatic heterocycles. The largest absolute Gasteiger partial charge is 0.365 e. The molecule has 0 bridgehead atoms. The van der Waals surface area contributed by atoms with Crippen molar-refractivity contribution in [3.8, 4) is 0 Å². The van der Waals surface area contributed by atoms with Gasteiger partial charge in [-0.2, -0.15) is 0 Å². The molecular formula is C23H22N4O2S. The zero-order valence-electron chi connectivity index (χ0n) is 16.7. The Morgan fingerprint density at radius 1 is 1.20 bits per heavy atom. The summed E-state index contributed by atoms with van der Waals surface area (Å²) in [6.07, 6.45) is 4.67. The zero-order valence-corrected chi connectivity index (χ0v) is 17.5. The lowest BCUT2D eigenvalue weighted by molar-refractivity contribution is 0.0940. The molecule has 152 valence electrons. The summed E-state index contributed by atoms with van der Waals surface area (Å²) >= 11 is 1.39. The number of fused-ring (bicyclic) bond motifs is 2. The Kier molecular flexibility index (Phi) is 4.64. The number of carbonyl (C=O) groups is 2. The van der Waals surface area contributed by atoms with Crippen molar-refractivity contribution in [2.75, 3.05) is 13.1 Å². The summed E-state index contributed by atoms with van der Waals surface area (Å²) in [5.41, 5.74) is 8.83. The second-order valence-electron chi connectivity index (χ2n) is 7.85. The summed E-state index contributed by atoms with van der Waals surface area (Å²) in [7, 11) is 0. The highest BCUT2D eigenvalue weighted by Gasteiger charge is 2.30. The first kappa shape index (κ1) is 19.0. The van der Waals surface area contributed by atoms with Crippen LogP contribution < -0.4 is 5.73 Å². The first-order valence-electron chi connectivity index (χ1n) is 10.0. The molecule has 0 saturated carbocycles. The van der Waals surface area contributed by atoms with E-state index in [9.17, 15) is 9.59 Å². The average Bonchev–Trinajstić information content (AvgIpc) is 3.43. The Morgan fingerprint density at radius 2 is 2.00 bits per heavy atom. The number of amides is 1. The average molecular weight is 419 g/mol. The first-order valence-corrected chi connectivity index (χ1v) is 10.8. The maximum absolute atomic E-state index is 12.1. The van der Waals surface area contributed by atoms with E-state index in [0.717, 1.165) is 58.3 Å². The highest BCUT2D eigenvalue weighted by molar-refractivity contribution is 7.20. The lowest BCUT2D eigenvalue weighted by atomic mass is 9.95. The van der Waals surface area contributed by atoms with Crippen LogP contribution in [0.25, 0.3) is 21.1 Å². The fourth-order valence-corrected chi connectivity index (χ4v) is 5.71. The van der Waals surface area contributed by atoms with Crippen LogP contribution in [0.4, 0.5) is 0 Å². The Labute approximate surface area is 177 Å². The van der Waals surface area contributed by atoms with Crippen molar-refractivity contribution in [3.05, 3.63) is 64.8 Å². The molecule has 1 aliphatic heterocycles. The molecule has 4 aromatic rings. The third kappa shape index (κ3) is 3.11. The van der Waals surface area contributed by atoms with Crippen LogP contribution in [0.3, 0.4) is 0 Å². The topological polar surface area (TPSA) is 81.2 Å². The number of para-hydroxylation sites is 1. The number of aromatic nitrogens is 2. The molecular weight excluding hydrogens is 396 g/mol. The van der Waals surface area contributed by atoms with E-state index >= 15 is 0 Å². The SMILES string of the molecule is CC(=O)n1cc(CN2CC[C@H](c3c(C(N)=O)sc4ncccc34)C2)c2ccccc21. The third-order valence-electron chi connectivity index (χ3n) is 5.94. The lowest BCUT2D eigenvalue weighted by Crippen LogP contribution is -2.20. The van der Waals surface area contributed by atoms with Crippen molar-refractivity contribution in [2.24, 2.45) is 5.73 Å². The summed E-state index contributed by atoms with van der Waals surface area (Å²) in [5, 5.41) is 2.15. The Bertz CT molecular complexity index is 1290. The van der Waals surface area contributed by atoms with E-state index < -0.39 is 0 Å². The molecule has 7 heteroatoms. The van der Waals surface area contributed by atoms with Gasteiger partial charge in [-0.15, -0.1) is 11.3 Å². The van der Waals surface area contributed by atoms with Crippen molar-refractivity contribution in [2.45, 2.75) is 25.8 Å². The molecule has 0 aliphatic carbocycles. The number of benzene rings is 1. The number of rotatable bonds is 4. The van der Waals surface area contributed by atoms with Crippen LogP contribution in [0, 0.1) is 0 Å². The van der Waals surface area contributed by atoms with Crippen LogP contribution in [-0.2, 0) is 6.54 Å². The predicted octanol–water partition coefficient (Wildman–Crippen LogP) is 4.00. The molecule has 1 aromatic carbocycles. The first-order chi connectivity index (χ1) is 14.5. The van der Waals surface area contributed by atoms with E-state index in [1.54, 1.807) is 17.7 Å². The van der Waals surface area contributed by atoms with E-state index in [1.165, 1.54) is 11.3 Å². The normalized spacial score (nSPS) is 17.2. The highest BCUT2D eigenvalue weighted by atomic mass is 32.1. The predicted molar refractivity (Wildman–Crippen MR) is 119 cm³/mol. The van der Waals surface area contributed by atoms with Gasteiger partial charge in [-0.25, -0.2) is 4.98 Å². The van der Waals surface area contributed by atoms with Gasteiger partial charge in [0.05, 0.1) is 10.4 Å². The van der Waals surface area contributed by atoms with Crippen molar-refractivity contribution in [1.29, 1.82) is 0 Å². The summed E-state index contributed by atoms with van der Waals surface area (Å²) in [5.74, 6) is -0.123. The quantitative estimate of drug-likeness (QED) is 0.543. The smallest absolute Gasteiger partial charge is 0.259 e. The maximum atomic E-state index is 12.1. The fourth-order valence-electron chi connectivity index (χ4n) is 4.63. The van der Waals surface area contributed by atoms with Gasteiger partial charge in [-0.05, 0) is 36.2 Å². The van der Waals surface area contributed by atoms with Crippen LogP contribution in [0.5, 0.6) is 0 Å². The molecule has 0 radical (unpaired) electrons. The number of nitrogens with zero attached hydrogens (tertiary/aromatic N) is 3.